The fraction of sp³-hybridized carbons (Fsp3) is 0.389. The highest BCUT2D eigenvalue weighted by Gasteiger charge is 2.28. The number of carboxylic acids is 1. The first-order valence-corrected chi connectivity index (χ1v) is 7.77. The first-order valence-electron chi connectivity index (χ1n) is 7.77. The van der Waals surface area contributed by atoms with Crippen molar-refractivity contribution in [1.29, 1.82) is 0 Å². The Labute approximate surface area is 141 Å². The molecule has 0 bridgehead atoms. The Morgan fingerprint density at radius 3 is 2.54 bits per heavy atom. The zero-order chi connectivity index (χ0) is 18.1. The normalized spacial score (nSPS) is 11.4. The van der Waals surface area contributed by atoms with Crippen LogP contribution in [0.25, 0.3) is 5.69 Å². The van der Waals surface area contributed by atoms with E-state index in [4.69, 9.17) is 5.11 Å². The van der Waals surface area contributed by atoms with Crippen LogP contribution >= 0.6 is 0 Å². The number of carboxylic acid groups (broad SMARTS) is 1. The second-order valence-corrected chi connectivity index (χ2v) is 6.72. The molecular weight excluding hydrogens is 306 g/mol. The average Bonchev–Trinajstić information content (AvgIpc) is 2.89. The molecule has 0 radical (unpaired) electrons. The van der Waals surface area contributed by atoms with E-state index in [0.717, 1.165) is 16.8 Å². The number of hydrogen-bond acceptors (Lipinski definition) is 3. The van der Waals surface area contributed by atoms with Crippen LogP contribution in [0.4, 0.5) is 0 Å². The van der Waals surface area contributed by atoms with Crippen LogP contribution in [0, 0.1) is 26.2 Å². The van der Waals surface area contributed by atoms with Crippen molar-refractivity contribution in [2.45, 2.75) is 34.6 Å². The van der Waals surface area contributed by atoms with Crippen LogP contribution in [0.2, 0.25) is 0 Å². The lowest BCUT2D eigenvalue weighted by molar-refractivity contribution is -0.146. The Hall–Kier alpha value is -2.63. The maximum absolute atomic E-state index is 12.4. The zero-order valence-electron chi connectivity index (χ0n) is 14.7. The summed E-state index contributed by atoms with van der Waals surface area (Å²) in [4.78, 5) is 23.5. The van der Waals surface area contributed by atoms with Crippen molar-refractivity contribution < 1.29 is 14.7 Å². The molecule has 0 saturated carbocycles. The fourth-order valence-electron chi connectivity index (χ4n) is 2.30. The number of hydrogen-bond donors (Lipinski definition) is 2. The minimum Gasteiger partial charge on any atom is -0.481 e. The largest absolute Gasteiger partial charge is 0.481 e. The molecule has 2 N–H and O–H groups in total. The average molecular weight is 329 g/mol. The van der Waals surface area contributed by atoms with Crippen LogP contribution < -0.4 is 5.32 Å². The van der Waals surface area contributed by atoms with Crippen molar-refractivity contribution in [3.05, 3.63) is 46.8 Å². The van der Waals surface area contributed by atoms with Gasteiger partial charge in [0.1, 0.15) is 0 Å². The summed E-state index contributed by atoms with van der Waals surface area (Å²) in [6, 6.07) is 6.06. The lowest BCUT2D eigenvalue weighted by Crippen LogP contribution is -2.39. The van der Waals surface area contributed by atoms with Crippen LogP contribution in [-0.4, -0.2) is 33.3 Å². The monoisotopic (exact) mass is 329 g/mol. The zero-order valence-corrected chi connectivity index (χ0v) is 14.7. The van der Waals surface area contributed by atoms with Gasteiger partial charge in [-0.2, -0.15) is 5.10 Å². The van der Waals surface area contributed by atoms with Gasteiger partial charge in [0.25, 0.3) is 5.91 Å². The molecule has 0 unspecified atom stereocenters. The van der Waals surface area contributed by atoms with Crippen LogP contribution in [0.3, 0.4) is 0 Å². The molecule has 1 aromatic heterocycles. The van der Waals surface area contributed by atoms with Crippen LogP contribution in [0.5, 0.6) is 0 Å². The van der Waals surface area contributed by atoms with Crippen molar-refractivity contribution in [2.24, 2.45) is 5.41 Å². The summed E-state index contributed by atoms with van der Waals surface area (Å²) in [7, 11) is 0. The first kappa shape index (κ1) is 17.7. The van der Waals surface area contributed by atoms with Crippen molar-refractivity contribution in [1.82, 2.24) is 15.1 Å². The lowest BCUT2D eigenvalue weighted by Gasteiger charge is -2.19. The molecule has 1 amide bonds. The summed E-state index contributed by atoms with van der Waals surface area (Å²) in [5, 5.41) is 16.1. The molecule has 0 saturated heterocycles. The second kappa shape index (κ2) is 6.47. The van der Waals surface area contributed by atoms with Crippen molar-refractivity contribution >= 4 is 11.9 Å². The SMILES string of the molecule is Cc1ccc(C)c(-n2ncc(C(=O)NCC(C)(C)C(=O)O)c2C)c1. The Bertz CT molecular complexity index is 791. The fourth-order valence-corrected chi connectivity index (χ4v) is 2.30. The molecule has 0 fully saturated rings. The minimum atomic E-state index is -1.02. The molecule has 6 heteroatoms. The Morgan fingerprint density at radius 2 is 1.92 bits per heavy atom. The number of carbonyl (C=O) groups excluding carboxylic acids is 1. The van der Waals surface area contributed by atoms with Gasteiger partial charge in [0.2, 0.25) is 0 Å². The molecule has 0 atom stereocenters. The molecule has 6 nitrogen and oxygen atoms in total. The predicted molar refractivity (Wildman–Crippen MR) is 91.5 cm³/mol. The van der Waals surface area contributed by atoms with Gasteiger partial charge in [0.05, 0.1) is 28.6 Å². The molecule has 1 aromatic carbocycles. The Morgan fingerprint density at radius 1 is 1.25 bits per heavy atom. The van der Waals surface area contributed by atoms with Gasteiger partial charge >= 0.3 is 5.97 Å². The summed E-state index contributed by atoms with van der Waals surface area (Å²) in [6.45, 7) is 9.01. The number of aromatic nitrogens is 2. The quantitative estimate of drug-likeness (QED) is 0.883. The molecule has 128 valence electrons. The van der Waals surface area contributed by atoms with Gasteiger partial charge in [-0.3, -0.25) is 9.59 Å². The summed E-state index contributed by atoms with van der Waals surface area (Å²) in [5.41, 5.74) is 3.24. The molecule has 0 spiro atoms. The number of benzene rings is 1. The standard InChI is InChI=1S/C18H23N3O3/c1-11-6-7-12(2)15(8-11)21-13(3)14(9-20-21)16(22)19-10-18(4,5)17(23)24/h6-9H,10H2,1-5H3,(H,19,22)(H,23,24). The van der Waals surface area contributed by atoms with E-state index in [1.54, 1.807) is 18.5 Å². The van der Waals surface area contributed by atoms with E-state index in [1.807, 2.05) is 39.0 Å². The summed E-state index contributed by atoms with van der Waals surface area (Å²) < 4.78 is 1.74. The summed E-state index contributed by atoms with van der Waals surface area (Å²) in [6.07, 6.45) is 1.51. The van der Waals surface area contributed by atoms with E-state index in [1.165, 1.54) is 6.20 Å². The molecule has 0 aliphatic heterocycles. The summed E-state index contributed by atoms with van der Waals surface area (Å²) in [5.74, 6) is -1.27. The number of amides is 1. The van der Waals surface area contributed by atoms with E-state index >= 15 is 0 Å². The third kappa shape index (κ3) is 3.48. The summed E-state index contributed by atoms with van der Waals surface area (Å²) >= 11 is 0. The topological polar surface area (TPSA) is 84.2 Å². The van der Waals surface area contributed by atoms with E-state index < -0.39 is 11.4 Å². The second-order valence-electron chi connectivity index (χ2n) is 6.72. The number of nitrogens with one attached hydrogen (secondary N) is 1. The number of aryl methyl sites for hydroxylation is 2. The Kier molecular flexibility index (Phi) is 4.78. The smallest absolute Gasteiger partial charge is 0.310 e. The molecule has 0 aliphatic carbocycles. The predicted octanol–water partition coefficient (Wildman–Crippen LogP) is 2.64. The highest BCUT2D eigenvalue weighted by molar-refractivity contribution is 5.95. The van der Waals surface area contributed by atoms with Crippen LogP contribution in [-0.2, 0) is 4.79 Å². The molecule has 1 heterocycles. The molecule has 0 aliphatic rings. The molecular formula is C18H23N3O3. The van der Waals surface area contributed by atoms with E-state index in [9.17, 15) is 9.59 Å². The third-order valence-corrected chi connectivity index (χ3v) is 4.12. The highest BCUT2D eigenvalue weighted by Crippen LogP contribution is 2.20. The maximum Gasteiger partial charge on any atom is 0.310 e. The van der Waals surface area contributed by atoms with Crippen molar-refractivity contribution in [2.75, 3.05) is 6.54 Å². The van der Waals surface area contributed by atoms with Crippen molar-refractivity contribution in [3.63, 3.8) is 0 Å². The van der Waals surface area contributed by atoms with E-state index in [-0.39, 0.29) is 12.5 Å². The number of nitrogens with zero attached hydrogens (tertiary/aromatic N) is 2. The Balaban J connectivity index is 2.25. The maximum atomic E-state index is 12.4. The number of carbonyl (C=O) groups is 2. The van der Waals surface area contributed by atoms with Crippen LogP contribution in [0.15, 0.2) is 24.4 Å². The molecule has 24 heavy (non-hydrogen) atoms. The van der Waals surface area contributed by atoms with Crippen molar-refractivity contribution in [3.8, 4) is 5.69 Å². The van der Waals surface area contributed by atoms with Gasteiger partial charge in [-0.1, -0.05) is 12.1 Å². The van der Waals surface area contributed by atoms with Gasteiger partial charge in [-0.25, -0.2) is 4.68 Å². The van der Waals surface area contributed by atoms with Gasteiger partial charge in [0.15, 0.2) is 0 Å². The lowest BCUT2D eigenvalue weighted by atomic mass is 9.94. The molecule has 2 rings (SSSR count). The van der Waals surface area contributed by atoms with Gasteiger partial charge in [-0.05, 0) is 51.8 Å². The van der Waals surface area contributed by atoms with Crippen LogP contribution in [0.1, 0.15) is 41.0 Å². The minimum absolute atomic E-state index is 0.0509. The number of aliphatic carboxylic acids is 1. The van der Waals surface area contributed by atoms with Gasteiger partial charge < -0.3 is 10.4 Å². The highest BCUT2D eigenvalue weighted by atomic mass is 16.4. The van der Waals surface area contributed by atoms with Gasteiger partial charge in [-0.15, -0.1) is 0 Å². The third-order valence-electron chi connectivity index (χ3n) is 4.12. The first-order chi connectivity index (χ1) is 11.1. The number of rotatable bonds is 5. The van der Waals surface area contributed by atoms with E-state index in [0.29, 0.717) is 11.3 Å². The van der Waals surface area contributed by atoms with Gasteiger partial charge in [0, 0.05) is 6.54 Å². The molecule has 2 aromatic rings. The van der Waals surface area contributed by atoms with E-state index in [2.05, 4.69) is 10.4 Å².